The first-order chi connectivity index (χ1) is 8.65. The van der Waals surface area contributed by atoms with E-state index < -0.39 is 0 Å². The monoisotopic (exact) mass is 302 g/mol. The molecule has 5 heteroatoms. The fourth-order valence-corrected chi connectivity index (χ4v) is 4.00. The zero-order valence-corrected chi connectivity index (χ0v) is 13.7. The maximum Gasteiger partial charge on any atom is 0.0514 e. The van der Waals surface area contributed by atoms with Crippen LogP contribution < -0.4 is 11.5 Å². The molecule has 0 heterocycles. The van der Waals surface area contributed by atoms with Gasteiger partial charge in [0.1, 0.15) is 0 Å². The Bertz CT molecular complexity index is 364. The van der Waals surface area contributed by atoms with Crippen molar-refractivity contribution in [3.8, 4) is 0 Å². The van der Waals surface area contributed by atoms with Crippen LogP contribution in [0.4, 0.5) is 11.4 Å². The second kappa shape index (κ2) is 8.12. The van der Waals surface area contributed by atoms with Gasteiger partial charge in [-0.2, -0.15) is 11.8 Å². The second-order valence-electron chi connectivity index (χ2n) is 3.68. The Labute approximate surface area is 123 Å². The molecule has 0 spiro atoms. The molecule has 0 radical (unpaired) electrons. The van der Waals surface area contributed by atoms with Gasteiger partial charge in [0.25, 0.3) is 0 Å². The largest absolute Gasteiger partial charge is 0.398 e. The van der Waals surface area contributed by atoms with Crippen molar-refractivity contribution in [2.45, 2.75) is 36.3 Å². The normalized spacial score (nSPS) is 10.8. The summed E-state index contributed by atoms with van der Waals surface area (Å²) < 4.78 is 0. The molecule has 0 aliphatic rings. The molecule has 0 aliphatic heterocycles. The maximum absolute atomic E-state index is 6.25. The Hall–Kier alpha value is -0.130. The van der Waals surface area contributed by atoms with Crippen molar-refractivity contribution in [1.82, 2.24) is 0 Å². The van der Waals surface area contributed by atoms with E-state index in [1.807, 2.05) is 11.8 Å². The lowest BCUT2D eigenvalue weighted by Gasteiger charge is -2.16. The van der Waals surface area contributed by atoms with Crippen molar-refractivity contribution in [3.05, 3.63) is 11.6 Å². The molecule has 0 fully saturated rings. The maximum atomic E-state index is 6.25. The molecule has 0 saturated heterocycles. The molecule has 1 rings (SSSR count). The summed E-state index contributed by atoms with van der Waals surface area (Å²) in [4.78, 5) is 2.35. The summed E-state index contributed by atoms with van der Waals surface area (Å²) in [6.07, 6.45) is 0. The van der Waals surface area contributed by atoms with E-state index in [-0.39, 0.29) is 0 Å². The first kappa shape index (κ1) is 15.9. The number of benzene rings is 1. The van der Waals surface area contributed by atoms with Crippen molar-refractivity contribution < 1.29 is 0 Å². The molecule has 1 aromatic rings. The fraction of sp³-hybridized carbons (Fsp3) is 0.538. The van der Waals surface area contributed by atoms with Gasteiger partial charge in [0, 0.05) is 21.1 Å². The van der Waals surface area contributed by atoms with E-state index in [2.05, 4.69) is 26.8 Å². The van der Waals surface area contributed by atoms with Crippen LogP contribution in [0.15, 0.2) is 15.9 Å². The molecule has 102 valence electrons. The zero-order chi connectivity index (χ0) is 13.5. The lowest BCUT2D eigenvalue weighted by atomic mass is 10.1. The molecule has 4 N–H and O–H groups in total. The van der Waals surface area contributed by atoms with Crippen LogP contribution >= 0.6 is 35.3 Å². The highest BCUT2D eigenvalue weighted by atomic mass is 32.2. The summed E-state index contributed by atoms with van der Waals surface area (Å²) >= 11 is 5.45. The van der Waals surface area contributed by atoms with E-state index in [1.54, 1.807) is 23.5 Å². The summed E-state index contributed by atoms with van der Waals surface area (Å²) in [6.45, 7) is 6.45. The van der Waals surface area contributed by atoms with Gasteiger partial charge in [0.15, 0.2) is 0 Å². The third-order valence-corrected chi connectivity index (χ3v) is 5.27. The number of hydrogen-bond donors (Lipinski definition) is 2. The fourth-order valence-electron chi connectivity index (χ4n) is 1.63. The predicted molar refractivity (Wildman–Crippen MR) is 89.9 cm³/mol. The van der Waals surface area contributed by atoms with Crippen LogP contribution in [0.1, 0.15) is 26.3 Å². The summed E-state index contributed by atoms with van der Waals surface area (Å²) in [5.74, 6) is 4.05. The minimum Gasteiger partial charge on any atom is -0.398 e. The topological polar surface area (TPSA) is 52.0 Å². The number of anilines is 2. The molecular formula is C13H22N2S3. The van der Waals surface area contributed by atoms with Crippen molar-refractivity contribution >= 4 is 46.7 Å². The Balaban J connectivity index is 3.17. The second-order valence-corrected chi connectivity index (χ2v) is 7.57. The number of hydrogen-bond acceptors (Lipinski definition) is 5. The molecule has 1 aromatic carbocycles. The molecule has 0 aromatic heterocycles. The zero-order valence-electron chi connectivity index (χ0n) is 11.3. The summed E-state index contributed by atoms with van der Waals surface area (Å²) in [5.41, 5.74) is 15.4. The van der Waals surface area contributed by atoms with Gasteiger partial charge < -0.3 is 11.5 Å². The Kier molecular flexibility index (Phi) is 7.19. The van der Waals surface area contributed by atoms with Crippen molar-refractivity contribution in [2.75, 3.05) is 28.7 Å². The third-order valence-electron chi connectivity index (χ3n) is 2.49. The number of rotatable bonds is 7. The van der Waals surface area contributed by atoms with Crippen LogP contribution in [0.25, 0.3) is 0 Å². The summed E-state index contributed by atoms with van der Waals surface area (Å²) in [6, 6.07) is 2.15. The van der Waals surface area contributed by atoms with Gasteiger partial charge >= 0.3 is 0 Å². The molecule has 18 heavy (non-hydrogen) atoms. The molecule has 0 atom stereocenters. The van der Waals surface area contributed by atoms with E-state index in [1.165, 1.54) is 9.79 Å². The van der Waals surface area contributed by atoms with Crippen LogP contribution in [0.5, 0.6) is 0 Å². The van der Waals surface area contributed by atoms with E-state index >= 15 is 0 Å². The van der Waals surface area contributed by atoms with Gasteiger partial charge in [0.2, 0.25) is 0 Å². The third kappa shape index (κ3) is 3.93. The SMILES string of the molecule is CCSCc1c(N)c(SCC)cc(SCC)c1N. The minimum atomic E-state index is 0.876. The standard InChI is InChI=1S/C13H22N2S3/c1-4-16-8-9-12(14)10(17-5-2)7-11(13(9)15)18-6-3/h7H,4-6,8,14-15H2,1-3H3. The van der Waals surface area contributed by atoms with Crippen LogP contribution in [0, 0.1) is 0 Å². The average Bonchev–Trinajstić information content (AvgIpc) is 2.35. The number of nitrogens with two attached hydrogens (primary N) is 2. The van der Waals surface area contributed by atoms with Crippen LogP contribution in [0.3, 0.4) is 0 Å². The lowest BCUT2D eigenvalue weighted by Crippen LogP contribution is -2.03. The average molecular weight is 303 g/mol. The van der Waals surface area contributed by atoms with E-state index in [0.717, 1.165) is 39.9 Å². The van der Waals surface area contributed by atoms with Gasteiger partial charge in [-0.3, -0.25) is 0 Å². The minimum absolute atomic E-state index is 0.876. The summed E-state index contributed by atoms with van der Waals surface area (Å²) in [7, 11) is 0. The van der Waals surface area contributed by atoms with E-state index in [0.29, 0.717) is 0 Å². The van der Waals surface area contributed by atoms with E-state index in [4.69, 9.17) is 11.5 Å². The van der Waals surface area contributed by atoms with Crippen LogP contribution in [0.2, 0.25) is 0 Å². The first-order valence-electron chi connectivity index (χ1n) is 6.19. The molecule has 0 aliphatic carbocycles. The summed E-state index contributed by atoms with van der Waals surface area (Å²) in [5, 5.41) is 0. The molecule has 2 nitrogen and oxygen atoms in total. The number of thioether (sulfide) groups is 3. The van der Waals surface area contributed by atoms with Gasteiger partial charge in [-0.15, -0.1) is 23.5 Å². The highest BCUT2D eigenvalue weighted by Gasteiger charge is 2.14. The molecule has 0 saturated carbocycles. The first-order valence-corrected chi connectivity index (χ1v) is 9.32. The highest BCUT2D eigenvalue weighted by molar-refractivity contribution is 8.00. The van der Waals surface area contributed by atoms with Crippen LogP contribution in [-0.2, 0) is 5.75 Å². The molecule has 0 unspecified atom stereocenters. The van der Waals surface area contributed by atoms with Crippen LogP contribution in [-0.4, -0.2) is 17.3 Å². The highest BCUT2D eigenvalue weighted by Crippen LogP contribution is 2.40. The van der Waals surface area contributed by atoms with Gasteiger partial charge in [-0.25, -0.2) is 0 Å². The lowest BCUT2D eigenvalue weighted by molar-refractivity contribution is 1.25. The van der Waals surface area contributed by atoms with Crippen molar-refractivity contribution in [3.63, 3.8) is 0 Å². The number of nitrogen functional groups attached to an aromatic ring is 2. The Morgan fingerprint density at radius 3 is 1.78 bits per heavy atom. The smallest absolute Gasteiger partial charge is 0.0514 e. The van der Waals surface area contributed by atoms with E-state index in [9.17, 15) is 0 Å². The predicted octanol–water partition coefficient (Wildman–Crippen LogP) is 4.33. The molecular weight excluding hydrogens is 280 g/mol. The molecule has 0 amide bonds. The van der Waals surface area contributed by atoms with Crippen molar-refractivity contribution in [1.29, 1.82) is 0 Å². The van der Waals surface area contributed by atoms with Gasteiger partial charge in [0.05, 0.1) is 11.4 Å². The van der Waals surface area contributed by atoms with Gasteiger partial charge in [-0.05, 0) is 23.3 Å². The van der Waals surface area contributed by atoms with Gasteiger partial charge in [-0.1, -0.05) is 20.8 Å². The molecule has 0 bridgehead atoms. The van der Waals surface area contributed by atoms with Crippen molar-refractivity contribution in [2.24, 2.45) is 0 Å². The Morgan fingerprint density at radius 1 is 0.889 bits per heavy atom. The quantitative estimate of drug-likeness (QED) is 0.580. The Morgan fingerprint density at radius 2 is 1.39 bits per heavy atom.